The van der Waals surface area contributed by atoms with E-state index in [4.69, 9.17) is 26.6 Å². The van der Waals surface area contributed by atoms with Crippen LogP contribution in [0.25, 0.3) is 11.4 Å². The molecular formula is C11H10ClN3O2. The highest BCUT2D eigenvalue weighted by Crippen LogP contribution is 2.38. The quantitative estimate of drug-likeness (QED) is 0.881. The Hall–Kier alpha value is -1.59. The first-order valence-corrected chi connectivity index (χ1v) is 5.64. The first-order valence-electron chi connectivity index (χ1n) is 5.27. The van der Waals surface area contributed by atoms with Crippen molar-refractivity contribution in [3.8, 4) is 17.1 Å². The number of benzene rings is 1. The van der Waals surface area contributed by atoms with Crippen LogP contribution in [0, 0.1) is 0 Å². The SMILES string of the molecule is NCc1nc(-c2c(Cl)ccc3c2CCO3)no1. The zero-order valence-electron chi connectivity index (χ0n) is 8.94. The van der Waals surface area contributed by atoms with Crippen LogP contribution in [0.15, 0.2) is 16.7 Å². The molecule has 0 radical (unpaired) electrons. The Morgan fingerprint density at radius 1 is 1.41 bits per heavy atom. The van der Waals surface area contributed by atoms with E-state index in [1.807, 2.05) is 6.07 Å². The number of ether oxygens (including phenoxy) is 1. The molecule has 5 nitrogen and oxygen atoms in total. The van der Waals surface area contributed by atoms with E-state index in [1.54, 1.807) is 6.07 Å². The molecule has 0 aliphatic carbocycles. The molecule has 88 valence electrons. The standard InChI is InChI=1S/C11H10ClN3O2/c12-7-1-2-8-6(3-4-16-8)10(7)11-14-9(5-13)17-15-11/h1-2H,3-5,13H2. The summed E-state index contributed by atoms with van der Waals surface area (Å²) in [7, 11) is 0. The molecule has 1 aliphatic rings. The highest BCUT2D eigenvalue weighted by Gasteiger charge is 2.22. The van der Waals surface area contributed by atoms with E-state index < -0.39 is 0 Å². The maximum Gasteiger partial charge on any atom is 0.240 e. The van der Waals surface area contributed by atoms with E-state index in [0.717, 1.165) is 23.3 Å². The van der Waals surface area contributed by atoms with Gasteiger partial charge in [0.15, 0.2) is 0 Å². The van der Waals surface area contributed by atoms with Crippen LogP contribution in [0.3, 0.4) is 0 Å². The van der Waals surface area contributed by atoms with Crippen LogP contribution in [0.1, 0.15) is 11.5 Å². The average Bonchev–Trinajstić information content (AvgIpc) is 2.96. The van der Waals surface area contributed by atoms with Gasteiger partial charge in [0, 0.05) is 17.5 Å². The highest BCUT2D eigenvalue weighted by molar-refractivity contribution is 6.33. The third-order valence-corrected chi connectivity index (χ3v) is 3.01. The van der Waals surface area contributed by atoms with Crippen LogP contribution in [0.5, 0.6) is 5.75 Å². The van der Waals surface area contributed by atoms with Gasteiger partial charge in [-0.1, -0.05) is 16.8 Å². The minimum atomic E-state index is 0.218. The summed E-state index contributed by atoms with van der Waals surface area (Å²) in [5.41, 5.74) is 7.25. The molecule has 2 N–H and O–H groups in total. The predicted octanol–water partition coefficient (Wildman–Crippen LogP) is 1.78. The second-order valence-electron chi connectivity index (χ2n) is 3.71. The summed E-state index contributed by atoms with van der Waals surface area (Å²) >= 11 is 6.19. The minimum absolute atomic E-state index is 0.218. The summed E-state index contributed by atoms with van der Waals surface area (Å²) in [5.74, 6) is 1.70. The van der Waals surface area contributed by atoms with E-state index in [9.17, 15) is 0 Å². The lowest BCUT2D eigenvalue weighted by Crippen LogP contribution is -1.96. The summed E-state index contributed by atoms with van der Waals surface area (Å²) < 4.78 is 10.5. The van der Waals surface area contributed by atoms with Crippen molar-refractivity contribution >= 4 is 11.6 Å². The molecule has 17 heavy (non-hydrogen) atoms. The van der Waals surface area contributed by atoms with E-state index in [1.165, 1.54) is 0 Å². The second-order valence-corrected chi connectivity index (χ2v) is 4.12. The molecule has 1 aromatic carbocycles. The van der Waals surface area contributed by atoms with E-state index >= 15 is 0 Å². The van der Waals surface area contributed by atoms with E-state index in [-0.39, 0.29) is 6.54 Å². The molecule has 0 saturated carbocycles. The molecule has 1 aromatic heterocycles. The smallest absolute Gasteiger partial charge is 0.240 e. The highest BCUT2D eigenvalue weighted by atomic mass is 35.5. The Kier molecular flexibility index (Phi) is 2.49. The van der Waals surface area contributed by atoms with E-state index in [2.05, 4.69) is 10.1 Å². The number of aromatic nitrogens is 2. The summed E-state index contributed by atoms with van der Waals surface area (Å²) in [6.07, 6.45) is 0.803. The third kappa shape index (κ3) is 1.67. The molecule has 0 spiro atoms. The Bertz CT molecular complexity index is 568. The molecule has 0 amide bonds. The molecule has 1 aliphatic heterocycles. The Labute approximate surface area is 103 Å². The number of hydrogen-bond acceptors (Lipinski definition) is 5. The molecule has 0 saturated heterocycles. The van der Waals surface area contributed by atoms with Crippen LogP contribution in [0.2, 0.25) is 5.02 Å². The fraction of sp³-hybridized carbons (Fsp3) is 0.273. The van der Waals surface area contributed by atoms with Crippen molar-refractivity contribution in [2.45, 2.75) is 13.0 Å². The molecule has 0 atom stereocenters. The van der Waals surface area contributed by atoms with Crippen LogP contribution >= 0.6 is 11.6 Å². The summed E-state index contributed by atoms with van der Waals surface area (Å²) in [5, 5.41) is 4.49. The zero-order chi connectivity index (χ0) is 11.8. The fourth-order valence-corrected chi connectivity index (χ4v) is 2.19. The average molecular weight is 252 g/mol. The van der Waals surface area contributed by atoms with Crippen molar-refractivity contribution < 1.29 is 9.26 Å². The number of fused-ring (bicyclic) bond motifs is 1. The van der Waals surface area contributed by atoms with Gasteiger partial charge in [-0.3, -0.25) is 0 Å². The van der Waals surface area contributed by atoms with Crippen LogP contribution in [-0.4, -0.2) is 16.7 Å². The fourth-order valence-electron chi connectivity index (χ4n) is 1.93. The van der Waals surface area contributed by atoms with Crippen molar-refractivity contribution in [2.75, 3.05) is 6.61 Å². The van der Waals surface area contributed by atoms with E-state index in [0.29, 0.717) is 23.3 Å². The number of rotatable bonds is 2. The van der Waals surface area contributed by atoms with Gasteiger partial charge in [0.1, 0.15) is 5.75 Å². The van der Waals surface area contributed by atoms with Gasteiger partial charge >= 0.3 is 0 Å². The first-order chi connectivity index (χ1) is 8.29. The van der Waals surface area contributed by atoms with Gasteiger partial charge in [-0.05, 0) is 12.1 Å². The third-order valence-electron chi connectivity index (χ3n) is 2.70. The molecule has 2 heterocycles. The van der Waals surface area contributed by atoms with Crippen molar-refractivity contribution in [3.05, 3.63) is 28.6 Å². The van der Waals surface area contributed by atoms with Gasteiger partial charge in [0.25, 0.3) is 0 Å². The van der Waals surface area contributed by atoms with Gasteiger partial charge in [0.05, 0.1) is 18.2 Å². The predicted molar refractivity (Wildman–Crippen MR) is 61.8 cm³/mol. The van der Waals surface area contributed by atoms with Crippen LogP contribution in [0.4, 0.5) is 0 Å². The van der Waals surface area contributed by atoms with Gasteiger partial charge in [-0.15, -0.1) is 0 Å². The number of nitrogens with two attached hydrogens (primary N) is 1. The molecule has 2 aromatic rings. The van der Waals surface area contributed by atoms with Gasteiger partial charge < -0.3 is 15.0 Å². The zero-order valence-corrected chi connectivity index (χ0v) is 9.70. The van der Waals surface area contributed by atoms with Gasteiger partial charge in [-0.25, -0.2) is 0 Å². The molecule has 6 heteroatoms. The Morgan fingerprint density at radius 3 is 3.06 bits per heavy atom. The van der Waals surface area contributed by atoms with Gasteiger partial charge in [-0.2, -0.15) is 4.98 Å². The lowest BCUT2D eigenvalue weighted by atomic mass is 10.0. The van der Waals surface area contributed by atoms with Crippen molar-refractivity contribution in [3.63, 3.8) is 0 Å². The van der Waals surface area contributed by atoms with Crippen molar-refractivity contribution in [2.24, 2.45) is 5.73 Å². The second kappa shape index (κ2) is 4.01. The maximum absolute atomic E-state index is 6.19. The monoisotopic (exact) mass is 251 g/mol. The summed E-state index contributed by atoms with van der Waals surface area (Å²) in [6, 6.07) is 3.64. The first kappa shape index (κ1) is 10.6. The molecular weight excluding hydrogens is 242 g/mol. The molecule has 0 unspecified atom stereocenters. The minimum Gasteiger partial charge on any atom is -0.493 e. The van der Waals surface area contributed by atoms with Gasteiger partial charge in [0.2, 0.25) is 11.7 Å². The normalized spacial score (nSPS) is 13.5. The summed E-state index contributed by atoms with van der Waals surface area (Å²) in [6.45, 7) is 0.875. The Morgan fingerprint density at radius 2 is 2.29 bits per heavy atom. The lowest BCUT2D eigenvalue weighted by molar-refractivity contribution is 0.357. The van der Waals surface area contributed by atoms with Crippen molar-refractivity contribution in [1.29, 1.82) is 0 Å². The number of hydrogen-bond donors (Lipinski definition) is 1. The lowest BCUT2D eigenvalue weighted by Gasteiger charge is -2.05. The topological polar surface area (TPSA) is 74.2 Å². The molecule has 0 bridgehead atoms. The Balaban J connectivity index is 2.16. The number of halogens is 1. The van der Waals surface area contributed by atoms with Crippen molar-refractivity contribution in [1.82, 2.24) is 10.1 Å². The maximum atomic E-state index is 6.19. The molecule has 3 rings (SSSR count). The summed E-state index contributed by atoms with van der Waals surface area (Å²) in [4.78, 5) is 4.19. The van der Waals surface area contributed by atoms with Crippen LogP contribution < -0.4 is 10.5 Å². The largest absolute Gasteiger partial charge is 0.493 e. The number of nitrogens with zero attached hydrogens (tertiary/aromatic N) is 2. The van der Waals surface area contributed by atoms with Crippen LogP contribution in [-0.2, 0) is 13.0 Å². The molecule has 0 fully saturated rings.